The van der Waals surface area contributed by atoms with Crippen molar-refractivity contribution < 1.29 is 33.2 Å². The summed E-state index contributed by atoms with van der Waals surface area (Å²) >= 11 is 0. The van der Waals surface area contributed by atoms with Gasteiger partial charge in [0.2, 0.25) is 5.79 Å². The summed E-state index contributed by atoms with van der Waals surface area (Å²) in [5.74, 6) is 0.348. The van der Waals surface area contributed by atoms with E-state index in [1.165, 1.54) is 0 Å². The number of hydrogen-bond acceptors (Lipinski definition) is 7. The zero-order valence-electron chi connectivity index (χ0n) is 28.4. The first-order valence-electron chi connectivity index (χ1n) is 17.3. The second-order valence-corrected chi connectivity index (χ2v) is 12.8. The van der Waals surface area contributed by atoms with Gasteiger partial charge in [0.15, 0.2) is 6.10 Å². The molecular formula is C43H44O7. The number of benzene rings is 5. The Bertz CT molecular complexity index is 1750. The van der Waals surface area contributed by atoms with E-state index in [0.29, 0.717) is 39.3 Å². The van der Waals surface area contributed by atoms with Crippen molar-refractivity contribution in [2.45, 2.75) is 69.5 Å². The van der Waals surface area contributed by atoms with Gasteiger partial charge in [0, 0.05) is 6.42 Å². The second-order valence-electron chi connectivity index (χ2n) is 12.8. The van der Waals surface area contributed by atoms with Crippen molar-refractivity contribution in [1.82, 2.24) is 0 Å². The molecule has 1 saturated heterocycles. The van der Waals surface area contributed by atoms with Gasteiger partial charge in [-0.25, -0.2) is 0 Å². The fourth-order valence-electron chi connectivity index (χ4n) is 6.73. The highest BCUT2D eigenvalue weighted by molar-refractivity contribution is 5.42. The first kappa shape index (κ1) is 34.0. The molecule has 2 aliphatic heterocycles. The summed E-state index contributed by atoms with van der Waals surface area (Å²) < 4.78 is 46.7. The minimum absolute atomic E-state index is 0.269. The van der Waals surface area contributed by atoms with Crippen molar-refractivity contribution in [1.29, 1.82) is 0 Å². The molecule has 2 heterocycles. The predicted octanol–water partition coefficient (Wildman–Crippen LogP) is 8.09. The highest BCUT2D eigenvalue weighted by Gasteiger charge is 2.59. The molecule has 0 aliphatic carbocycles. The molecule has 2 aliphatic rings. The van der Waals surface area contributed by atoms with Crippen LogP contribution in [-0.4, -0.2) is 43.9 Å². The molecule has 0 saturated carbocycles. The van der Waals surface area contributed by atoms with Crippen LogP contribution in [0.4, 0.5) is 0 Å². The van der Waals surface area contributed by atoms with Crippen molar-refractivity contribution in [3.8, 4) is 11.5 Å². The maximum Gasteiger partial charge on any atom is 0.240 e. The van der Waals surface area contributed by atoms with Crippen LogP contribution in [-0.2, 0) is 56.5 Å². The van der Waals surface area contributed by atoms with Gasteiger partial charge in [-0.3, -0.25) is 0 Å². The lowest BCUT2D eigenvalue weighted by atomic mass is 9.86. The van der Waals surface area contributed by atoms with E-state index in [4.69, 9.17) is 33.2 Å². The SMILES string of the molecule is COc1ccc2c(c1)CC[C@]1(O2)O[C@H](COCc2ccccc2)[C@H](OCc2ccccc2)[C@H](OCc2ccccc2)[C@H]1OCc1ccccc1. The van der Waals surface area contributed by atoms with Gasteiger partial charge in [-0.2, -0.15) is 0 Å². The van der Waals surface area contributed by atoms with E-state index in [2.05, 4.69) is 48.5 Å². The first-order valence-corrected chi connectivity index (χ1v) is 17.3. The summed E-state index contributed by atoms with van der Waals surface area (Å²) in [5, 5.41) is 0. The molecule has 5 aromatic rings. The van der Waals surface area contributed by atoms with E-state index < -0.39 is 30.2 Å². The molecule has 0 unspecified atom stereocenters. The van der Waals surface area contributed by atoms with Crippen molar-refractivity contribution in [3.63, 3.8) is 0 Å². The molecule has 5 aromatic carbocycles. The maximum atomic E-state index is 7.14. The van der Waals surface area contributed by atoms with E-state index in [-0.39, 0.29) is 6.61 Å². The number of methoxy groups -OCH3 is 1. The average Bonchev–Trinajstić information content (AvgIpc) is 3.17. The average molecular weight is 673 g/mol. The van der Waals surface area contributed by atoms with Crippen LogP contribution < -0.4 is 9.47 Å². The van der Waals surface area contributed by atoms with Gasteiger partial charge in [0.1, 0.15) is 29.8 Å². The molecule has 1 fully saturated rings. The Morgan fingerprint density at radius 2 is 1.12 bits per heavy atom. The Hall–Kier alpha value is -4.50. The van der Waals surface area contributed by atoms with E-state index in [9.17, 15) is 0 Å². The van der Waals surface area contributed by atoms with Crippen LogP contribution in [0.3, 0.4) is 0 Å². The Balaban J connectivity index is 1.25. The Morgan fingerprint density at radius 3 is 1.68 bits per heavy atom. The molecule has 0 bridgehead atoms. The van der Waals surface area contributed by atoms with Gasteiger partial charge in [-0.15, -0.1) is 0 Å². The van der Waals surface area contributed by atoms with Crippen molar-refractivity contribution in [2.75, 3.05) is 13.7 Å². The number of aryl methyl sites for hydroxylation is 1. The van der Waals surface area contributed by atoms with E-state index in [0.717, 1.165) is 39.3 Å². The highest BCUT2D eigenvalue weighted by atomic mass is 16.7. The normalized spacial score (nSPS) is 22.8. The predicted molar refractivity (Wildman–Crippen MR) is 191 cm³/mol. The molecule has 258 valence electrons. The Labute approximate surface area is 294 Å². The third-order valence-corrected chi connectivity index (χ3v) is 9.30. The standard InChI is InChI=1S/C43H44O7/c1-44-37-22-23-38-36(26-37)24-25-43(49-38)42(48-30-35-20-12-5-13-21-35)41(47-29-34-18-10-4-11-19-34)40(46-28-33-16-8-3-9-17-33)39(50-43)31-45-27-32-14-6-2-7-15-32/h2-23,26,39-42H,24-25,27-31H2,1H3/t39-,40+,41+,42-,43+/m1/s1. The molecule has 0 radical (unpaired) electrons. The minimum Gasteiger partial charge on any atom is -0.497 e. The number of hydrogen-bond donors (Lipinski definition) is 0. The fourth-order valence-corrected chi connectivity index (χ4v) is 6.73. The van der Waals surface area contributed by atoms with Gasteiger partial charge < -0.3 is 33.2 Å². The van der Waals surface area contributed by atoms with Crippen molar-refractivity contribution in [3.05, 3.63) is 167 Å². The smallest absolute Gasteiger partial charge is 0.240 e. The number of fused-ring (bicyclic) bond motifs is 1. The van der Waals surface area contributed by atoms with E-state index in [1.807, 2.05) is 91.0 Å². The zero-order chi connectivity index (χ0) is 34.0. The van der Waals surface area contributed by atoms with Crippen LogP contribution in [0.2, 0.25) is 0 Å². The lowest BCUT2D eigenvalue weighted by molar-refractivity contribution is -0.364. The molecule has 7 rings (SSSR count). The molecular weight excluding hydrogens is 628 g/mol. The molecule has 0 N–H and O–H groups in total. The van der Waals surface area contributed by atoms with Gasteiger partial charge in [-0.05, 0) is 52.4 Å². The highest BCUT2D eigenvalue weighted by Crippen LogP contribution is 2.45. The first-order chi connectivity index (χ1) is 24.7. The van der Waals surface area contributed by atoms with E-state index in [1.54, 1.807) is 7.11 Å². The quantitative estimate of drug-likeness (QED) is 0.118. The Kier molecular flexibility index (Phi) is 11.2. The molecule has 0 amide bonds. The summed E-state index contributed by atoms with van der Waals surface area (Å²) in [6.45, 7) is 1.79. The van der Waals surface area contributed by atoms with Gasteiger partial charge in [0.25, 0.3) is 0 Å². The molecule has 7 heteroatoms. The molecule has 1 spiro atoms. The summed E-state index contributed by atoms with van der Waals surface area (Å²) in [6.07, 6.45) is -1.04. The number of rotatable bonds is 14. The van der Waals surface area contributed by atoms with Crippen LogP contribution in [0.1, 0.15) is 34.2 Å². The Morgan fingerprint density at radius 1 is 0.600 bits per heavy atom. The van der Waals surface area contributed by atoms with Crippen LogP contribution in [0.5, 0.6) is 11.5 Å². The largest absolute Gasteiger partial charge is 0.497 e. The minimum atomic E-state index is -1.18. The van der Waals surface area contributed by atoms with Crippen LogP contribution in [0, 0.1) is 0 Å². The van der Waals surface area contributed by atoms with Gasteiger partial charge >= 0.3 is 0 Å². The molecule has 0 aromatic heterocycles. The summed E-state index contributed by atoms with van der Waals surface area (Å²) in [4.78, 5) is 0. The molecule has 5 atom stereocenters. The third-order valence-electron chi connectivity index (χ3n) is 9.30. The molecule has 50 heavy (non-hydrogen) atoms. The lowest BCUT2D eigenvalue weighted by Crippen LogP contribution is -2.69. The van der Waals surface area contributed by atoms with Crippen LogP contribution >= 0.6 is 0 Å². The van der Waals surface area contributed by atoms with Crippen molar-refractivity contribution in [2.24, 2.45) is 0 Å². The summed E-state index contributed by atoms with van der Waals surface area (Å²) in [5.41, 5.74) is 5.28. The third kappa shape index (κ3) is 8.27. The van der Waals surface area contributed by atoms with Crippen LogP contribution in [0.25, 0.3) is 0 Å². The van der Waals surface area contributed by atoms with Crippen molar-refractivity contribution >= 4 is 0 Å². The summed E-state index contributed by atoms with van der Waals surface area (Å²) in [7, 11) is 1.68. The van der Waals surface area contributed by atoms with E-state index >= 15 is 0 Å². The fraction of sp³-hybridized carbons (Fsp3) is 0.302. The monoisotopic (exact) mass is 672 g/mol. The summed E-state index contributed by atoms with van der Waals surface area (Å²) in [6, 6.07) is 46.5. The topological polar surface area (TPSA) is 64.6 Å². The second kappa shape index (κ2) is 16.5. The number of ether oxygens (including phenoxy) is 7. The zero-order valence-corrected chi connectivity index (χ0v) is 28.4. The maximum absolute atomic E-state index is 7.14. The molecule has 7 nitrogen and oxygen atoms in total. The van der Waals surface area contributed by atoms with Crippen LogP contribution in [0.15, 0.2) is 140 Å². The lowest BCUT2D eigenvalue weighted by Gasteiger charge is -2.53. The van der Waals surface area contributed by atoms with Gasteiger partial charge in [0.05, 0.1) is 40.1 Å². The van der Waals surface area contributed by atoms with Gasteiger partial charge in [-0.1, -0.05) is 121 Å².